The maximum absolute atomic E-state index is 12.1. The topological polar surface area (TPSA) is 45.5 Å². The van der Waals surface area contributed by atoms with Crippen LogP contribution in [-0.2, 0) is 11.3 Å². The quantitative estimate of drug-likeness (QED) is 0.887. The van der Waals surface area contributed by atoms with Crippen LogP contribution in [0, 0.1) is 11.8 Å². The van der Waals surface area contributed by atoms with Gasteiger partial charge >= 0.3 is 0 Å². The van der Waals surface area contributed by atoms with E-state index in [1.807, 2.05) is 12.1 Å². The molecule has 0 aromatic carbocycles. The van der Waals surface area contributed by atoms with Crippen molar-refractivity contribution in [3.63, 3.8) is 0 Å². The first-order valence-corrected chi connectivity index (χ1v) is 7.17. The van der Waals surface area contributed by atoms with Crippen molar-refractivity contribution in [2.75, 3.05) is 19.6 Å². The Morgan fingerprint density at radius 2 is 2.21 bits per heavy atom. The number of hydrogen-bond donors (Lipinski definition) is 1. The van der Waals surface area contributed by atoms with Crippen molar-refractivity contribution in [1.82, 2.24) is 10.2 Å². The molecule has 0 saturated carbocycles. The lowest BCUT2D eigenvalue weighted by Gasteiger charge is -2.32. The van der Waals surface area contributed by atoms with Crippen LogP contribution >= 0.6 is 0 Å². The van der Waals surface area contributed by atoms with Crippen LogP contribution < -0.4 is 5.32 Å². The Bertz CT molecular complexity index is 379. The van der Waals surface area contributed by atoms with Gasteiger partial charge in [0.25, 0.3) is 0 Å². The highest BCUT2D eigenvalue weighted by atomic mass is 16.3. The van der Waals surface area contributed by atoms with Gasteiger partial charge in [0.2, 0.25) is 5.91 Å². The van der Waals surface area contributed by atoms with Crippen molar-refractivity contribution in [2.45, 2.75) is 33.2 Å². The summed E-state index contributed by atoms with van der Waals surface area (Å²) in [5.41, 5.74) is 0. The molecule has 4 nitrogen and oxygen atoms in total. The van der Waals surface area contributed by atoms with Crippen molar-refractivity contribution < 1.29 is 9.21 Å². The molecule has 1 saturated heterocycles. The molecule has 1 amide bonds. The van der Waals surface area contributed by atoms with E-state index in [0.29, 0.717) is 12.5 Å². The number of furan rings is 1. The molecule has 0 unspecified atom stereocenters. The summed E-state index contributed by atoms with van der Waals surface area (Å²) in [6, 6.07) is 3.72. The number of likely N-dealkylation sites (tertiary alicyclic amines) is 1. The van der Waals surface area contributed by atoms with E-state index in [1.165, 1.54) is 0 Å². The summed E-state index contributed by atoms with van der Waals surface area (Å²) in [5.74, 6) is 1.84. The summed E-state index contributed by atoms with van der Waals surface area (Å²) in [7, 11) is 0. The van der Waals surface area contributed by atoms with Gasteiger partial charge in [-0.2, -0.15) is 0 Å². The molecule has 0 atom stereocenters. The summed E-state index contributed by atoms with van der Waals surface area (Å²) >= 11 is 0. The Morgan fingerprint density at radius 3 is 2.79 bits per heavy atom. The van der Waals surface area contributed by atoms with Gasteiger partial charge in [0, 0.05) is 12.5 Å². The maximum Gasteiger partial charge on any atom is 0.223 e. The lowest BCUT2D eigenvalue weighted by Crippen LogP contribution is -2.41. The number of carbonyl (C=O) groups is 1. The fourth-order valence-corrected chi connectivity index (χ4v) is 2.63. The number of amides is 1. The maximum atomic E-state index is 12.1. The van der Waals surface area contributed by atoms with Crippen LogP contribution in [0.5, 0.6) is 0 Å². The highest BCUT2D eigenvalue weighted by molar-refractivity contribution is 5.78. The lowest BCUT2D eigenvalue weighted by atomic mass is 9.95. The van der Waals surface area contributed by atoms with Crippen molar-refractivity contribution in [2.24, 2.45) is 11.8 Å². The predicted octanol–water partition coefficient (Wildman–Crippen LogP) is 2.26. The van der Waals surface area contributed by atoms with Crippen LogP contribution in [0.2, 0.25) is 0 Å². The van der Waals surface area contributed by atoms with Crippen LogP contribution in [-0.4, -0.2) is 30.4 Å². The largest absolute Gasteiger partial charge is 0.467 e. The van der Waals surface area contributed by atoms with Crippen molar-refractivity contribution in [1.29, 1.82) is 0 Å². The Hall–Kier alpha value is -1.29. The van der Waals surface area contributed by atoms with Gasteiger partial charge in [0.15, 0.2) is 0 Å². The summed E-state index contributed by atoms with van der Waals surface area (Å²) in [6.45, 7) is 8.19. The third-order valence-electron chi connectivity index (χ3n) is 3.60. The highest BCUT2D eigenvalue weighted by Crippen LogP contribution is 2.18. The number of hydrogen-bond acceptors (Lipinski definition) is 3. The Morgan fingerprint density at radius 1 is 1.47 bits per heavy atom. The van der Waals surface area contributed by atoms with E-state index in [-0.39, 0.29) is 11.8 Å². The first-order valence-electron chi connectivity index (χ1n) is 7.17. The molecular formula is C15H24N2O2. The van der Waals surface area contributed by atoms with Crippen LogP contribution in [0.3, 0.4) is 0 Å². The molecule has 0 radical (unpaired) electrons. The van der Waals surface area contributed by atoms with Crippen molar-refractivity contribution in [3.8, 4) is 0 Å². The number of piperidine rings is 1. The molecule has 2 heterocycles. The summed E-state index contributed by atoms with van der Waals surface area (Å²) in [6.07, 6.45) is 3.57. The first-order chi connectivity index (χ1) is 9.15. The van der Waals surface area contributed by atoms with Gasteiger partial charge in [-0.25, -0.2) is 0 Å². The van der Waals surface area contributed by atoms with E-state index in [4.69, 9.17) is 4.42 Å². The zero-order valence-electron chi connectivity index (χ0n) is 11.9. The molecule has 1 aliphatic rings. The highest BCUT2D eigenvalue weighted by Gasteiger charge is 2.24. The van der Waals surface area contributed by atoms with Gasteiger partial charge in [0.05, 0.1) is 12.8 Å². The Labute approximate surface area is 115 Å². The molecular weight excluding hydrogens is 240 g/mol. The smallest absolute Gasteiger partial charge is 0.223 e. The second kappa shape index (κ2) is 6.75. The molecule has 1 aromatic rings. The lowest BCUT2D eigenvalue weighted by molar-refractivity contribution is -0.126. The van der Waals surface area contributed by atoms with E-state index in [1.54, 1.807) is 6.26 Å². The molecule has 0 aliphatic carbocycles. The van der Waals surface area contributed by atoms with Gasteiger partial charge in [-0.05, 0) is 44.0 Å². The van der Waals surface area contributed by atoms with Gasteiger partial charge in [0.1, 0.15) is 5.76 Å². The zero-order chi connectivity index (χ0) is 13.7. The number of nitrogens with zero attached hydrogens (tertiary/aromatic N) is 1. The molecule has 1 fully saturated rings. The van der Waals surface area contributed by atoms with E-state index in [9.17, 15) is 4.79 Å². The average molecular weight is 264 g/mol. The van der Waals surface area contributed by atoms with E-state index in [2.05, 4.69) is 24.1 Å². The fraction of sp³-hybridized carbons (Fsp3) is 0.667. The standard InChI is InChI=1S/C15H24N2O2/c1-12(2)11-17-7-5-13(6-8-17)15(18)16-10-14-4-3-9-19-14/h3-4,9,12-13H,5-8,10-11H2,1-2H3,(H,16,18). The van der Waals surface area contributed by atoms with Crippen molar-refractivity contribution >= 4 is 5.91 Å². The third kappa shape index (κ3) is 4.39. The van der Waals surface area contributed by atoms with Crippen LogP contribution in [0.1, 0.15) is 32.4 Å². The second-order valence-electron chi connectivity index (χ2n) is 5.77. The van der Waals surface area contributed by atoms with Gasteiger partial charge < -0.3 is 14.6 Å². The number of nitrogens with one attached hydrogen (secondary N) is 1. The summed E-state index contributed by atoms with van der Waals surface area (Å²) < 4.78 is 5.21. The molecule has 0 bridgehead atoms. The van der Waals surface area contributed by atoms with Crippen LogP contribution in [0.25, 0.3) is 0 Å². The normalized spacial score (nSPS) is 17.8. The van der Waals surface area contributed by atoms with E-state index in [0.717, 1.165) is 38.2 Å². The first kappa shape index (κ1) is 14.1. The number of rotatable bonds is 5. The molecule has 4 heteroatoms. The van der Waals surface area contributed by atoms with Crippen LogP contribution in [0.4, 0.5) is 0 Å². The second-order valence-corrected chi connectivity index (χ2v) is 5.77. The summed E-state index contributed by atoms with van der Waals surface area (Å²) in [5, 5.41) is 2.96. The third-order valence-corrected chi connectivity index (χ3v) is 3.60. The molecule has 1 aliphatic heterocycles. The van der Waals surface area contributed by atoms with Gasteiger partial charge in [-0.3, -0.25) is 4.79 Å². The predicted molar refractivity (Wildman–Crippen MR) is 74.6 cm³/mol. The fourth-order valence-electron chi connectivity index (χ4n) is 2.63. The molecule has 1 N–H and O–H groups in total. The minimum absolute atomic E-state index is 0.165. The SMILES string of the molecule is CC(C)CN1CCC(C(=O)NCc2ccco2)CC1. The molecule has 2 rings (SSSR count). The number of carbonyl (C=O) groups excluding carboxylic acids is 1. The monoisotopic (exact) mass is 264 g/mol. The summed E-state index contributed by atoms with van der Waals surface area (Å²) in [4.78, 5) is 14.5. The van der Waals surface area contributed by atoms with Gasteiger partial charge in [-0.1, -0.05) is 13.8 Å². The Kier molecular flexibility index (Phi) is 5.02. The van der Waals surface area contributed by atoms with Crippen molar-refractivity contribution in [3.05, 3.63) is 24.2 Å². The zero-order valence-corrected chi connectivity index (χ0v) is 11.9. The average Bonchev–Trinajstić information content (AvgIpc) is 2.89. The molecule has 0 spiro atoms. The molecule has 19 heavy (non-hydrogen) atoms. The van der Waals surface area contributed by atoms with Gasteiger partial charge in [-0.15, -0.1) is 0 Å². The molecule has 1 aromatic heterocycles. The van der Waals surface area contributed by atoms with E-state index >= 15 is 0 Å². The van der Waals surface area contributed by atoms with E-state index < -0.39 is 0 Å². The Balaban J connectivity index is 1.70. The minimum atomic E-state index is 0.165. The minimum Gasteiger partial charge on any atom is -0.467 e. The van der Waals surface area contributed by atoms with Crippen LogP contribution in [0.15, 0.2) is 22.8 Å². The molecule has 106 valence electrons.